The van der Waals surface area contributed by atoms with Crippen molar-refractivity contribution in [3.05, 3.63) is 76.9 Å². The molecule has 2 N–H and O–H groups in total. The molecule has 0 saturated carbocycles. The molecular formula is C23H21F2NO5. The summed E-state index contributed by atoms with van der Waals surface area (Å²) in [6, 6.07) is 9.16. The fourth-order valence-electron chi connectivity index (χ4n) is 3.60. The minimum absolute atomic E-state index is 0.00474. The summed E-state index contributed by atoms with van der Waals surface area (Å²) in [5.41, 5.74) is 0.455. The molecule has 1 aliphatic heterocycles. The molecule has 0 radical (unpaired) electrons. The Kier molecular flexibility index (Phi) is 6.79. The number of ketones is 1. The van der Waals surface area contributed by atoms with E-state index in [2.05, 4.69) is 0 Å². The zero-order valence-corrected chi connectivity index (χ0v) is 16.6. The number of carbonyl (C=O) groups excluding carboxylic acids is 2. The van der Waals surface area contributed by atoms with Crippen molar-refractivity contribution < 1.29 is 33.4 Å². The minimum atomic E-state index is -0.940. The van der Waals surface area contributed by atoms with Crippen molar-refractivity contribution in [1.29, 1.82) is 0 Å². The molecule has 0 spiro atoms. The molecule has 6 nitrogen and oxygen atoms in total. The van der Waals surface area contributed by atoms with E-state index in [1.807, 2.05) is 0 Å². The second-order valence-corrected chi connectivity index (χ2v) is 7.26. The molecular weight excluding hydrogens is 408 g/mol. The van der Waals surface area contributed by atoms with Crippen molar-refractivity contribution >= 4 is 23.4 Å². The van der Waals surface area contributed by atoms with Crippen molar-refractivity contribution in [1.82, 2.24) is 4.90 Å². The number of aliphatic hydroxyl groups is 1. The van der Waals surface area contributed by atoms with Crippen LogP contribution in [-0.4, -0.2) is 39.3 Å². The number of hydrogen-bond acceptors (Lipinski definition) is 4. The molecule has 1 unspecified atom stereocenters. The molecule has 1 atom stereocenters. The molecule has 1 aliphatic rings. The van der Waals surface area contributed by atoms with E-state index in [-0.39, 0.29) is 24.1 Å². The van der Waals surface area contributed by atoms with Gasteiger partial charge in [-0.2, -0.15) is 0 Å². The van der Waals surface area contributed by atoms with Crippen LogP contribution in [0.25, 0.3) is 5.76 Å². The van der Waals surface area contributed by atoms with Gasteiger partial charge in [-0.1, -0.05) is 18.6 Å². The van der Waals surface area contributed by atoms with Gasteiger partial charge in [0.25, 0.3) is 11.7 Å². The van der Waals surface area contributed by atoms with Crippen molar-refractivity contribution in [2.24, 2.45) is 0 Å². The number of carbonyl (C=O) groups is 3. The Morgan fingerprint density at radius 2 is 1.45 bits per heavy atom. The molecule has 8 heteroatoms. The van der Waals surface area contributed by atoms with E-state index in [0.717, 1.165) is 12.1 Å². The van der Waals surface area contributed by atoms with Crippen LogP contribution >= 0.6 is 0 Å². The van der Waals surface area contributed by atoms with Gasteiger partial charge in [-0.05, 0) is 54.8 Å². The first-order valence-electron chi connectivity index (χ1n) is 9.81. The average Bonchev–Trinajstić information content (AvgIpc) is 2.99. The highest BCUT2D eigenvalue weighted by Crippen LogP contribution is 2.39. The average molecular weight is 429 g/mol. The van der Waals surface area contributed by atoms with E-state index in [1.54, 1.807) is 0 Å². The smallest absolute Gasteiger partial charge is 0.303 e. The standard InChI is InChI=1S/C23H21F2NO5/c24-16-9-5-14(6-10-16)20-19(21(29)15-7-11-17(25)12-8-15)22(30)23(31)26(20)13-3-1-2-4-18(27)28/h5-12,20,29H,1-4,13H2,(H,27,28). The number of carboxylic acid groups (broad SMARTS) is 1. The fourth-order valence-corrected chi connectivity index (χ4v) is 3.60. The molecule has 31 heavy (non-hydrogen) atoms. The number of aliphatic carboxylic acids is 1. The highest BCUT2D eigenvalue weighted by atomic mass is 19.1. The SMILES string of the molecule is O=C(O)CCCCCN1C(=O)C(=O)C(=C(O)c2ccc(F)cc2)C1c1ccc(F)cc1. The lowest BCUT2D eigenvalue weighted by Gasteiger charge is -2.25. The first-order valence-corrected chi connectivity index (χ1v) is 9.81. The van der Waals surface area contributed by atoms with E-state index in [0.29, 0.717) is 24.8 Å². The first-order chi connectivity index (χ1) is 14.8. The molecule has 162 valence electrons. The lowest BCUT2D eigenvalue weighted by molar-refractivity contribution is -0.140. The van der Waals surface area contributed by atoms with Crippen LogP contribution in [0.15, 0.2) is 54.1 Å². The van der Waals surface area contributed by atoms with Gasteiger partial charge in [-0.3, -0.25) is 14.4 Å². The third kappa shape index (κ3) is 4.96. The van der Waals surface area contributed by atoms with Crippen LogP contribution in [-0.2, 0) is 14.4 Å². The molecule has 1 heterocycles. The summed E-state index contributed by atoms with van der Waals surface area (Å²) >= 11 is 0. The van der Waals surface area contributed by atoms with Crippen LogP contribution < -0.4 is 0 Å². The predicted octanol–water partition coefficient (Wildman–Crippen LogP) is 4.03. The largest absolute Gasteiger partial charge is 0.507 e. The zero-order valence-electron chi connectivity index (χ0n) is 16.6. The van der Waals surface area contributed by atoms with Gasteiger partial charge >= 0.3 is 5.97 Å². The maximum Gasteiger partial charge on any atom is 0.303 e. The number of Topliss-reactive ketones (excluding diaryl/α,β-unsaturated/α-hetero) is 1. The first kappa shape index (κ1) is 22.1. The lowest BCUT2D eigenvalue weighted by Crippen LogP contribution is -2.30. The Bertz CT molecular complexity index is 1020. The van der Waals surface area contributed by atoms with Crippen molar-refractivity contribution in [3.8, 4) is 0 Å². The zero-order chi connectivity index (χ0) is 22.5. The summed E-state index contributed by atoms with van der Waals surface area (Å²) < 4.78 is 26.7. The lowest BCUT2D eigenvalue weighted by atomic mass is 9.95. The monoisotopic (exact) mass is 429 g/mol. The topological polar surface area (TPSA) is 94.9 Å². The van der Waals surface area contributed by atoms with Gasteiger partial charge in [0.2, 0.25) is 0 Å². The number of unbranched alkanes of at least 4 members (excludes halogenated alkanes) is 2. The van der Waals surface area contributed by atoms with Gasteiger partial charge in [0, 0.05) is 18.5 Å². The summed E-state index contributed by atoms with van der Waals surface area (Å²) in [7, 11) is 0. The van der Waals surface area contributed by atoms with E-state index in [9.17, 15) is 28.3 Å². The molecule has 3 rings (SSSR count). The summed E-state index contributed by atoms with van der Waals surface area (Å²) in [5.74, 6) is -4.06. The maximum atomic E-state index is 13.4. The van der Waals surface area contributed by atoms with E-state index < -0.39 is 41.1 Å². The fraction of sp³-hybridized carbons (Fsp3) is 0.261. The number of likely N-dealkylation sites (tertiary alicyclic amines) is 1. The molecule has 0 bridgehead atoms. The van der Waals surface area contributed by atoms with Gasteiger partial charge in [-0.25, -0.2) is 8.78 Å². The van der Waals surface area contributed by atoms with Crippen LogP contribution in [0.5, 0.6) is 0 Å². The number of hydrogen-bond donors (Lipinski definition) is 2. The Hall–Kier alpha value is -3.55. The maximum absolute atomic E-state index is 13.4. The van der Waals surface area contributed by atoms with Crippen molar-refractivity contribution in [3.63, 3.8) is 0 Å². The van der Waals surface area contributed by atoms with Crippen LogP contribution in [0.2, 0.25) is 0 Å². The molecule has 1 fully saturated rings. The number of carboxylic acids is 1. The highest BCUT2D eigenvalue weighted by Gasteiger charge is 2.45. The summed E-state index contributed by atoms with van der Waals surface area (Å²) in [6.07, 6.45) is 1.42. The van der Waals surface area contributed by atoms with Crippen molar-refractivity contribution in [2.75, 3.05) is 6.54 Å². The molecule has 2 aromatic rings. The molecule has 2 aromatic carbocycles. The van der Waals surface area contributed by atoms with Gasteiger partial charge in [-0.15, -0.1) is 0 Å². The predicted molar refractivity (Wildman–Crippen MR) is 108 cm³/mol. The quantitative estimate of drug-likeness (QED) is 0.286. The van der Waals surface area contributed by atoms with E-state index >= 15 is 0 Å². The number of benzene rings is 2. The number of nitrogens with zero attached hydrogens (tertiary/aromatic N) is 1. The molecule has 0 aliphatic carbocycles. The summed E-state index contributed by atoms with van der Waals surface area (Å²) in [4.78, 5) is 37.5. The Morgan fingerprint density at radius 1 is 0.871 bits per heavy atom. The summed E-state index contributed by atoms with van der Waals surface area (Å²) in [5, 5.41) is 19.5. The van der Waals surface area contributed by atoms with Gasteiger partial charge < -0.3 is 15.1 Å². The van der Waals surface area contributed by atoms with E-state index in [1.165, 1.54) is 41.3 Å². The van der Waals surface area contributed by atoms with Crippen LogP contribution in [0.1, 0.15) is 42.9 Å². The second kappa shape index (κ2) is 9.51. The Morgan fingerprint density at radius 3 is 2.03 bits per heavy atom. The molecule has 1 saturated heterocycles. The normalized spacial score (nSPS) is 17.9. The third-order valence-electron chi connectivity index (χ3n) is 5.13. The van der Waals surface area contributed by atoms with Gasteiger partial charge in [0.05, 0.1) is 11.6 Å². The van der Waals surface area contributed by atoms with Crippen LogP contribution in [0, 0.1) is 11.6 Å². The van der Waals surface area contributed by atoms with Crippen molar-refractivity contribution in [2.45, 2.75) is 31.7 Å². The minimum Gasteiger partial charge on any atom is -0.507 e. The molecule has 0 aromatic heterocycles. The number of rotatable bonds is 8. The third-order valence-corrected chi connectivity index (χ3v) is 5.13. The highest BCUT2D eigenvalue weighted by molar-refractivity contribution is 6.46. The Labute approximate surface area is 177 Å². The molecule has 1 amide bonds. The summed E-state index contributed by atoms with van der Waals surface area (Å²) in [6.45, 7) is 0.159. The van der Waals surface area contributed by atoms with E-state index in [4.69, 9.17) is 5.11 Å². The van der Waals surface area contributed by atoms with Gasteiger partial charge in [0.15, 0.2) is 0 Å². The number of amides is 1. The number of halogens is 2. The second-order valence-electron chi connectivity index (χ2n) is 7.26. The van der Waals surface area contributed by atoms with Gasteiger partial charge in [0.1, 0.15) is 17.4 Å². The van der Waals surface area contributed by atoms with Crippen LogP contribution in [0.4, 0.5) is 8.78 Å². The van der Waals surface area contributed by atoms with Crippen LogP contribution in [0.3, 0.4) is 0 Å². The number of aliphatic hydroxyl groups excluding tert-OH is 1. The Balaban J connectivity index is 1.96.